The smallest absolute Gasteiger partial charge is 0.148 e. The molecule has 0 unspecified atom stereocenters. The maximum Gasteiger partial charge on any atom is 0.148 e. The summed E-state index contributed by atoms with van der Waals surface area (Å²) in [6, 6.07) is 51.2. The first-order valence-corrected chi connectivity index (χ1v) is 20.6. The maximum atomic E-state index is 12.1. The van der Waals surface area contributed by atoms with Crippen LogP contribution in [0.5, 0.6) is 5.75 Å². The van der Waals surface area contributed by atoms with E-state index in [4.69, 9.17) is 9.97 Å². The first-order valence-electron chi connectivity index (χ1n) is 20.6. The van der Waals surface area contributed by atoms with Crippen molar-refractivity contribution in [3.63, 3.8) is 0 Å². The Bertz CT molecular complexity index is 2810. The number of para-hydroxylation sites is 1. The zero-order chi connectivity index (χ0) is 40.2. The Hall–Kier alpha value is -5.57. The van der Waals surface area contributed by atoms with Gasteiger partial charge in [0.05, 0.1) is 22.3 Å². The molecule has 8 aromatic rings. The Morgan fingerprint density at radius 3 is 2.02 bits per heavy atom. The number of hydrogen-bond acceptors (Lipinski definition) is 3. The summed E-state index contributed by atoms with van der Waals surface area (Å²) in [5, 5.41) is 12.1. The normalized spacial score (nSPS) is 12.9. The molecule has 0 amide bonds. The number of aromatic hydroxyl groups is 1. The molecule has 0 spiro atoms. The number of fused-ring (bicyclic) bond motifs is 2. The minimum atomic E-state index is -0.137. The van der Waals surface area contributed by atoms with Gasteiger partial charge in [-0.25, -0.2) is 4.98 Å². The predicted octanol–water partition coefficient (Wildman–Crippen LogP) is 13.7. The Labute approximate surface area is 363 Å². The van der Waals surface area contributed by atoms with Crippen molar-refractivity contribution in [3.05, 3.63) is 168 Å². The van der Waals surface area contributed by atoms with Gasteiger partial charge < -0.3 is 5.11 Å². The van der Waals surface area contributed by atoms with Gasteiger partial charge in [-0.15, -0.1) is 29.3 Å². The van der Waals surface area contributed by atoms with E-state index < -0.39 is 0 Å². The molecule has 1 aliphatic rings. The average Bonchev–Trinajstić information content (AvgIpc) is 3.63. The van der Waals surface area contributed by atoms with E-state index >= 15 is 0 Å². The van der Waals surface area contributed by atoms with E-state index in [-0.39, 0.29) is 31.9 Å². The summed E-state index contributed by atoms with van der Waals surface area (Å²) in [4.78, 5) is 10.4. The van der Waals surface area contributed by atoms with Gasteiger partial charge in [0, 0.05) is 38.5 Å². The number of phenols is 1. The van der Waals surface area contributed by atoms with E-state index in [1.165, 1.54) is 16.7 Å². The molecular formula is C54H50N3OPt-. The number of benzene rings is 6. The number of hydrogen-bond donors (Lipinski definition) is 1. The summed E-state index contributed by atoms with van der Waals surface area (Å²) in [7, 11) is 0. The molecule has 1 N–H and O–H groups in total. The average molecular weight is 952 g/mol. The van der Waals surface area contributed by atoms with Crippen molar-refractivity contribution >= 4 is 11.0 Å². The summed E-state index contributed by atoms with van der Waals surface area (Å²) >= 11 is 0. The van der Waals surface area contributed by atoms with Crippen LogP contribution in [0.25, 0.3) is 72.7 Å². The number of aryl methyl sites for hydroxylation is 1. The fourth-order valence-electron chi connectivity index (χ4n) is 8.45. The standard InChI is InChI=1S/C54H50N3O.Pt/c1-53(2,3)41-25-27-48(46(34-41)36-18-11-8-12-19-36)57-49-23-15-22-43(50(49)56-52(57)45-26-24-37-20-13-14-21-44(37)51(45)58)39-30-40(32-42(31-39)54(4,5)6)47-33-38(28-29-55-47)35-16-9-7-10-17-35;/h7-12,15-19,22-29,31-34,58H,13-14,20-21H2,1-6H3;/q-1;. The third kappa shape index (κ3) is 7.72. The van der Waals surface area contributed by atoms with Gasteiger partial charge in [0.1, 0.15) is 11.6 Å². The first kappa shape index (κ1) is 40.2. The van der Waals surface area contributed by atoms with Crippen LogP contribution >= 0.6 is 0 Å². The van der Waals surface area contributed by atoms with Crippen LogP contribution in [0, 0.1) is 6.07 Å². The van der Waals surface area contributed by atoms with Gasteiger partial charge in [-0.2, -0.15) is 0 Å². The van der Waals surface area contributed by atoms with Crippen molar-refractivity contribution in [1.29, 1.82) is 0 Å². The summed E-state index contributed by atoms with van der Waals surface area (Å²) in [6.07, 6.45) is 5.97. The van der Waals surface area contributed by atoms with Gasteiger partial charge in [0.2, 0.25) is 0 Å². The molecule has 9 rings (SSSR count). The Kier molecular flexibility index (Phi) is 10.8. The molecule has 6 aromatic carbocycles. The monoisotopic (exact) mass is 951 g/mol. The predicted molar refractivity (Wildman–Crippen MR) is 241 cm³/mol. The van der Waals surface area contributed by atoms with Crippen molar-refractivity contribution < 1.29 is 26.2 Å². The molecule has 1 aliphatic carbocycles. The van der Waals surface area contributed by atoms with E-state index in [0.717, 1.165) is 104 Å². The molecule has 2 aromatic heterocycles. The summed E-state index contributed by atoms with van der Waals surface area (Å²) in [5.74, 6) is 1.06. The summed E-state index contributed by atoms with van der Waals surface area (Å²) in [6.45, 7) is 13.5. The van der Waals surface area contributed by atoms with E-state index in [1.807, 2.05) is 12.3 Å². The molecule has 0 atom stereocenters. The molecule has 0 aliphatic heterocycles. The summed E-state index contributed by atoms with van der Waals surface area (Å²) < 4.78 is 2.28. The van der Waals surface area contributed by atoms with Crippen molar-refractivity contribution in [1.82, 2.24) is 14.5 Å². The van der Waals surface area contributed by atoms with Gasteiger partial charge in [-0.3, -0.25) is 9.55 Å². The minimum Gasteiger partial charge on any atom is -0.507 e. The van der Waals surface area contributed by atoms with Gasteiger partial charge in [-0.05, 0) is 100 Å². The largest absolute Gasteiger partial charge is 0.507 e. The van der Waals surface area contributed by atoms with Crippen LogP contribution in [-0.2, 0) is 44.7 Å². The van der Waals surface area contributed by atoms with Crippen LogP contribution < -0.4 is 0 Å². The number of aromatic nitrogens is 3. The molecule has 298 valence electrons. The summed E-state index contributed by atoms with van der Waals surface area (Å²) in [5.41, 5.74) is 16.4. The van der Waals surface area contributed by atoms with Crippen molar-refractivity contribution in [2.24, 2.45) is 0 Å². The fraction of sp³-hybridized carbons (Fsp3) is 0.222. The van der Waals surface area contributed by atoms with Gasteiger partial charge >= 0.3 is 0 Å². The number of nitrogens with zero attached hydrogens (tertiary/aromatic N) is 3. The van der Waals surface area contributed by atoms with Crippen molar-refractivity contribution in [3.8, 4) is 67.5 Å². The number of pyridine rings is 1. The minimum absolute atomic E-state index is 0. The van der Waals surface area contributed by atoms with Crippen LogP contribution in [0.1, 0.15) is 76.6 Å². The number of phenolic OH excluding ortho intramolecular Hbond substituents is 1. The Morgan fingerprint density at radius 1 is 0.593 bits per heavy atom. The third-order valence-corrected chi connectivity index (χ3v) is 11.8. The van der Waals surface area contributed by atoms with E-state index in [9.17, 15) is 5.11 Å². The molecule has 0 radical (unpaired) electrons. The quantitative estimate of drug-likeness (QED) is 0.169. The van der Waals surface area contributed by atoms with Crippen LogP contribution in [0.2, 0.25) is 0 Å². The third-order valence-electron chi connectivity index (χ3n) is 11.8. The fourth-order valence-corrected chi connectivity index (χ4v) is 8.45. The van der Waals surface area contributed by atoms with E-state index in [0.29, 0.717) is 5.75 Å². The SMILES string of the molecule is CC(C)(C)c1cc(-c2cc(-c3ccccc3)ccn2)[c-]c(-c2cccc3c2nc(-c2ccc4c(c2O)CCCC4)n3-c2ccc(C(C)(C)C)cc2-c2ccccc2)c1.[Pt]. The number of rotatable bonds is 6. The second-order valence-electron chi connectivity index (χ2n) is 17.8. The maximum absolute atomic E-state index is 12.1. The molecule has 0 saturated carbocycles. The number of imidazole rings is 1. The first-order chi connectivity index (χ1) is 27.9. The van der Waals surface area contributed by atoms with E-state index in [2.05, 4.69) is 180 Å². The van der Waals surface area contributed by atoms with Crippen LogP contribution in [0.3, 0.4) is 0 Å². The molecule has 5 heteroatoms. The Balaban J connectivity index is 0.00000484. The topological polar surface area (TPSA) is 50.9 Å². The van der Waals surface area contributed by atoms with Crippen molar-refractivity contribution in [2.75, 3.05) is 0 Å². The zero-order valence-electron chi connectivity index (χ0n) is 34.7. The van der Waals surface area contributed by atoms with Crippen LogP contribution in [0.4, 0.5) is 0 Å². The molecule has 59 heavy (non-hydrogen) atoms. The molecule has 4 nitrogen and oxygen atoms in total. The Morgan fingerprint density at radius 2 is 1.29 bits per heavy atom. The molecule has 0 saturated heterocycles. The van der Waals surface area contributed by atoms with Crippen LogP contribution in [-0.4, -0.2) is 19.6 Å². The van der Waals surface area contributed by atoms with Gasteiger partial charge in [-0.1, -0.05) is 144 Å². The second kappa shape index (κ2) is 15.9. The molecular weight excluding hydrogens is 902 g/mol. The van der Waals surface area contributed by atoms with E-state index in [1.54, 1.807) is 0 Å². The van der Waals surface area contributed by atoms with Crippen LogP contribution in [0.15, 0.2) is 140 Å². The molecule has 0 bridgehead atoms. The van der Waals surface area contributed by atoms with Crippen molar-refractivity contribution in [2.45, 2.75) is 78.1 Å². The second-order valence-corrected chi connectivity index (χ2v) is 17.8. The zero-order valence-corrected chi connectivity index (χ0v) is 37.0. The van der Waals surface area contributed by atoms with Gasteiger partial charge in [0.15, 0.2) is 0 Å². The molecule has 2 heterocycles. The van der Waals surface area contributed by atoms with Gasteiger partial charge in [0.25, 0.3) is 0 Å². The molecule has 0 fully saturated rings.